The highest BCUT2D eigenvalue weighted by Crippen LogP contribution is 2.30. The van der Waals surface area contributed by atoms with Gasteiger partial charge in [0.15, 0.2) is 0 Å². The van der Waals surface area contributed by atoms with E-state index in [1.165, 1.54) is 12.1 Å². The quantitative estimate of drug-likeness (QED) is 0.851. The van der Waals surface area contributed by atoms with Gasteiger partial charge in [0.1, 0.15) is 5.76 Å². The highest BCUT2D eigenvalue weighted by Gasteiger charge is 2.40. The molecule has 2 aliphatic rings. The minimum atomic E-state index is -0.0336. The third-order valence-corrected chi connectivity index (χ3v) is 5.78. The van der Waals surface area contributed by atoms with Crippen molar-refractivity contribution in [3.05, 3.63) is 40.2 Å². The molecular weight excluding hydrogens is 322 g/mol. The second-order valence-electron chi connectivity index (χ2n) is 6.99. The Morgan fingerprint density at radius 1 is 1.25 bits per heavy atom. The fraction of sp³-hybridized carbons (Fsp3) is 0.611. The Bertz CT molecular complexity index is 653. The van der Waals surface area contributed by atoms with Crippen LogP contribution in [0.5, 0.6) is 0 Å². The standard InChI is InChI=1S/C18H25N3O2S/c1-15-19-16(12-24-15)10-20-6-3-5-18(13-20)14-21(7-9-23-18)11-17-4-2-8-22-17/h2,4,8,12H,3,5-7,9-11,13-14H2,1H3/t18-/m0/s1. The van der Waals surface area contributed by atoms with Gasteiger partial charge in [0.2, 0.25) is 0 Å². The van der Waals surface area contributed by atoms with Crippen molar-refractivity contribution in [2.24, 2.45) is 0 Å². The Kier molecular flexibility index (Phi) is 4.72. The van der Waals surface area contributed by atoms with Gasteiger partial charge in [-0.15, -0.1) is 11.3 Å². The molecule has 4 heterocycles. The van der Waals surface area contributed by atoms with Gasteiger partial charge >= 0.3 is 0 Å². The van der Waals surface area contributed by atoms with Gasteiger partial charge in [-0.05, 0) is 38.4 Å². The summed E-state index contributed by atoms with van der Waals surface area (Å²) in [7, 11) is 0. The van der Waals surface area contributed by atoms with Crippen molar-refractivity contribution in [3.8, 4) is 0 Å². The molecule has 2 aromatic heterocycles. The van der Waals surface area contributed by atoms with Gasteiger partial charge in [-0.25, -0.2) is 4.98 Å². The molecule has 0 saturated carbocycles. The van der Waals surface area contributed by atoms with Crippen LogP contribution in [0.15, 0.2) is 28.2 Å². The molecule has 0 aliphatic carbocycles. The van der Waals surface area contributed by atoms with E-state index >= 15 is 0 Å². The van der Waals surface area contributed by atoms with E-state index in [-0.39, 0.29) is 5.60 Å². The maximum Gasteiger partial charge on any atom is 0.117 e. The second kappa shape index (κ2) is 6.96. The van der Waals surface area contributed by atoms with Crippen molar-refractivity contribution in [1.82, 2.24) is 14.8 Å². The molecule has 0 amide bonds. The Morgan fingerprint density at radius 3 is 2.88 bits per heavy atom. The van der Waals surface area contributed by atoms with Gasteiger partial charge in [-0.3, -0.25) is 9.80 Å². The number of morpholine rings is 1. The number of piperidine rings is 1. The zero-order chi connectivity index (χ0) is 16.4. The van der Waals surface area contributed by atoms with E-state index in [1.54, 1.807) is 17.6 Å². The molecule has 2 aromatic rings. The average molecular weight is 347 g/mol. The van der Waals surface area contributed by atoms with Crippen LogP contribution in [-0.2, 0) is 17.8 Å². The number of aryl methyl sites for hydroxylation is 1. The van der Waals surface area contributed by atoms with Gasteiger partial charge in [0, 0.05) is 31.6 Å². The SMILES string of the molecule is Cc1nc(CN2CCC[C@]3(C2)CN(Cc2ccco2)CCO3)cs1. The van der Waals surface area contributed by atoms with Gasteiger partial charge in [0.25, 0.3) is 0 Å². The minimum Gasteiger partial charge on any atom is -0.468 e. The summed E-state index contributed by atoms with van der Waals surface area (Å²) in [5.74, 6) is 1.04. The molecule has 0 unspecified atom stereocenters. The number of rotatable bonds is 4. The van der Waals surface area contributed by atoms with E-state index < -0.39 is 0 Å². The van der Waals surface area contributed by atoms with Crippen LogP contribution in [0.1, 0.15) is 29.3 Å². The molecule has 2 fully saturated rings. The first-order valence-corrected chi connectivity index (χ1v) is 9.61. The van der Waals surface area contributed by atoms with Crippen LogP contribution in [0.4, 0.5) is 0 Å². The smallest absolute Gasteiger partial charge is 0.117 e. The predicted molar refractivity (Wildman–Crippen MR) is 94.0 cm³/mol. The lowest BCUT2D eigenvalue weighted by molar-refractivity contribution is -0.143. The number of hydrogen-bond acceptors (Lipinski definition) is 6. The predicted octanol–water partition coefficient (Wildman–Crippen LogP) is 2.91. The van der Waals surface area contributed by atoms with E-state index in [0.717, 1.165) is 63.1 Å². The lowest BCUT2D eigenvalue weighted by Crippen LogP contribution is -2.59. The van der Waals surface area contributed by atoms with E-state index in [0.29, 0.717) is 0 Å². The molecule has 2 aliphatic heterocycles. The van der Waals surface area contributed by atoms with Crippen molar-refractivity contribution in [2.75, 3.05) is 32.8 Å². The lowest BCUT2D eigenvalue weighted by atomic mass is 9.90. The summed E-state index contributed by atoms with van der Waals surface area (Å²) < 4.78 is 11.8. The number of hydrogen-bond donors (Lipinski definition) is 0. The van der Waals surface area contributed by atoms with Crippen LogP contribution in [0.3, 0.4) is 0 Å². The van der Waals surface area contributed by atoms with Crippen molar-refractivity contribution >= 4 is 11.3 Å². The summed E-state index contributed by atoms with van der Waals surface area (Å²) >= 11 is 1.73. The zero-order valence-corrected chi connectivity index (χ0v) is 15.1. The maximum atomic E-state index is 6.30. The third kappa shape index (κ3) is 3.72. The van der Waals surface area contributed by atoms with E-state index in [9.17, 15) is 0 Å². The van der Waals surface area contributed by atoms with E-state index in [2.05, 4.69) is 33.2 Å². The van der Waals surface area contributed by atoms with Crippen LogP contribution in [0.2, 0.25) is 0 Å². The first-order chi connectivity index (χ1) is 11.7. The molecule has 130 valence electrons. The van der Waals surface area contributed by atoms with Crippen LogP contribution < -0.4 is 0 Å². The second-order valence-corrected chi connectivity index (χ2v) is 8.06. The molecule has 0 radical (unpaired) electrons. The summed E-state index contributed by atoms with van der Waals surface area (Å²) in [5.41, 5.74) is 1.16. The largest absolute Gasteiger partial charge is 0.468 e. The van der Waals surface area contributed by atoms with Crippen molar-refractivity contribution in [1.29, 1.82) is 0 Å². The molecule has 24 heavy (non-hydrogen) atoms. The molecule has 4 rings (SSSR count). The van der Waals surface area contributed by atoms with Crippen molar-refractivity contribution in [3.63, 3.8) is 0 Å². The number of nitrogens with zero attached hydrogens (tertiary/aromatic N) is 3. The average Bonchev–Trinajstić information content (AvgIpc) is 3.19. The molecule has 0 aromatic carbocycles. The van der Waals surface area contributed by atoms with Crippen LogP contribution in [-0.4, -0.2) is 53.2 Å². The molecule has 0 bridgehead atoms. The number of furan rings is 1. The molecule has 1 atom stereocenters. The lowest BCUT2D eigenvalue weighted by Gasteiger charge is -2.48. The Balaban J connectivity index is 1.39. The Morgan fingerprint density at radius 2 is 2.12 bits per heavy atom. The number of likely N-dealkylation sites (tertiary alicyclic amines) is 1. The van der Waals surface area contributed by atoms with E-state index in [1.807, 2.05) is 6.07 Å². The molecule has 0 N–H and O–H groups in total. The minimum absolute atomic E-state index is 0.0336. The van der Waals surface area contributed by atoms with Gasteiger partial charge in [-0.1, -0.05) is 0 Å². The summed E-state index contributed by atoms with van der Waals surface area (Å²) in [5, 5.41) is 3.33. The number of ether oxygens (including phenoxy) is 1. The fourth-order valence-corrected chi connectivity index (χ4v) is 4.57. The van der Waals surface area contributed by atoms with Crippen LogP contribution in [0.25, 0.3) is 0 Å². The number of aromatic nitrogens is 1. The Hall–Kier alpha value is -1.21. The summed E-state index contributed by atoms with van der Waals surface area (Å²) in [4.78, 5) is 9.60. The summed E-state index contributed by atoms with van der Waals surface area (Å²) in [6.45, 7) is 8.80. The highest BCUT2D eigenvalue weighted by molar-refractivity contribution is 7.09. The normalized spacial score (nSPS) is 26.2. The third-order valence-electron chi connectivity index (χ3n) is 4.96. The molecular formula is C18H25N3O2S. The Labute approximate surface area is 147 Å². The molecule has 1 spiro atoms. The first kappa shape index (κ1) is 16.3. The van der Waals surface area contributed by atoms with Crippen molar-refractivity contribution in [2.45, 2.75) is 38.5 Å². The zero-order valence-electron chi connectivity index (χ0n) is 14.2. The molecule has 5 nitrogen and oxygen atoms in total. The topological polar surface area (TPSA) is 41.7 Å². The van der Waals surface area contributed by atoms with E-state index in [4.69, 9.17) is 9.15 Å². The van der Waals surface area contributed by atoms with Crippen LogP contribution in [0, 0.1) is 6.92 Å². The number of thiazole rings is 1. The summed E-state index contributed by atoms with van der Waals surface area (Å²) in [6.07, 6.45) is 4.09. The van der Waals surface area contributed by atoms with Gasteiger partial charge in [0.05, 0.1) is 35.7 Å². The van der Waals surface area contributed by atoms with Gasteiger partial charge in [-0.2, -0.15) is 0 Å². The maximum absolute atomic E-state index is 6.30. The fourth-order valence-electron chi connectivity index (χ4n) is 3.96. The molecule has 2 saturated heterocycles. The van der Waals surface area contributed by atoms with Crippen molar-refractivity contribution < 1.29 is 9.15 Å². The van der Waals surface area contributed by atoms with Crippen LogP contribution >= 0.6 is 11.3 Å². The summed E-state index contributed by atoms with van der Waals surface area (Å²) in [6, 6.07) is 4.02. The highest BCUT2D eigenvalue weighted by atomic mass is 32.1. The molecule has 6 heteroatoms. The first-order valence-electron chi connectivity index (χ1n) is 8.73. The monoisotopic (exact) mass is 347 g/mol. The van der Waals surface area contributed by atoms with Gasteiger partial charge < -0.3 is 9.15 Å².